The summed E-state index contributed by atoms with van der Waals surface area (Å²) in [5, 5.41) is 0.144. The van der Waals surface area contributed by atoms with E-state index in [0.717, 1.165) is 5.56 Å². The predicted molar refractivity (Wildman–Crippen MR) is 81.0 cm³/mol. The van der Waals surface area contributed by atoms with E-state index in [1.807, 2.05) is 24.3 Å². The van der Waals surface area contributed by atoms with Crippen molar-refractivity contribution in [3.8, 4) is 18.1 Å². The van der Waals surface area contributed by atoms with Crippen molar-refractivity contribution < 1.29 is 4.74 Å². The fourth-order valence-corrected chi connectivity index (χ4v) is 2.65. The lowest BCUT2D eigenvalue weighted by molar-refractivity contribution is 0.369. The quantitative estimate of drug-likeness (QED) is 0.592. The lowest BCUT2D eigenvalue weighted by Gasteiger charge is -2.30. The number of terminal acetylenes is 1. The Bertz CT molecular complexity index is 571. The second-order valence-electron chi connectivity index (χ2n) is 4.08. The van der Waals surface area contributed by atoms with E-state index in [0.29, 0.717) is 10.8 Å². The van der Waals surface area contributed by atoms with Crippen LogP contribution in [0.2, 0.25) is 0 Å². The van der Waals surface area contributed by atoms with E-state index in [1.54, 1.807) is 18.2 Å². The summed E-state index contributed by atoms with van der Waals surface area (Å²) >= 11 is 18.8. The molecule has 1 aliphatic carbocycles. The zero-order valence-electron chi connectivity index (χ0n) is 9.95. The third-order valence-electron chi connectivity index (χ3n) is 2.79. The van der Waals surface area contributed by atoms with Gasteiger partial charge in [0.25, 0.3) is 0 Å². The normalized spacial score (nSPS) is 25.6. The van der Waals surface area contributed by atoms with Crippen LogP contribution >= 0.6 is 34.8 Å². The predicted octanol–water partition coefficient (Wildman–Crippen LogP) is 4.43. The number of allylic oxidation sites excluding steroid dienone is 4. The minimum absolute atomic E-state index is 0.213. The summed E-state index contributed by atoms with van der Waals surface area (Å²) in [6, 6.07) is 7.39. The largest absolute Gasteiger partial charge is 0.481 e. The van der Waals surface area contributed by atoms with Crippen molar-refractivity contribution in [2.75, 3.05) is 6.61 Å². The van der Waals surface area contributed by atoms with Gasteiger partial charge in [0.15, 0.2) is 0 Å². The molecule has 98 valence electrons. The van der Waals surface area contributed by atoms with Crippen molar-refractivity contribution in [2.24, 2.45) is 0 Å². The molecule has 0 aromatic heterocycles. The second kappa shape index (κ2) is 5.92. The summed E-state index contributed by atoms with van der Waals surface area (Å²) in [5.74, 6) is 3.08. The molecular weight excluding hydrogens is 303 g/mol. The van der Waals surface area contributed by atoms with Crippen molar-refractivity contribution in [3.05, 3.63) is 53.1 Å². The molecule has 0 fully saturated rings. The third-order valence-corrected chi connectivity index (χ3v) is 4.20. The molecule has 0 amide bonds. The van der Waals surface area contributed by atoms with E-state index in [1.165, 1.54) is 0 Å². The van der Waals surface area contributed by atoms with Crippen LogP contribution in [0.5, 0.6) is 5.75 Å². The summed E-state index contributed by atoms with van der Waals surface area (Å²) in [6.45, 7) is 0.213. The number of rotatable bonds is 3. The van der Waals surface area contributed by atoms with Gasteiger partial charge in [-0.2, -0.15) is 0 Å². The van der Waals surface area contributed by atoms with Crippen LogP contribution in [-0.2, 0) is 4.87 Å². The Labute approximate surface area is 127 Å². The van der Waals surface area contributed by atoms with Crippen molar-refractivity contribution >= 4 is 34.8 Å². The average Bonchev–Trinajstić information content (AvgIpc) is 2.41. The SMILES string of the molecule is C#CCOc1cccc(C2(Cl)C=CC(Cl)=CC2Cl)c1. The summed E-state index contributed by atoms with van der Waals surface area (Å²) in [4.78, 5) is -0.838. The molecule has 0 bridgehead atoms. The lowest BCUT2D eigenvalue weighted by atomic mass is 9.91. The Kier molecular flexibility index (Phi) is 4.47. The second-order valence-corrected chi connectivity index (χ2v) is 5.61. The van der Waals surface area contributed by atoms with Crippen molar-refractivity contribution in [2.45, 2.75) is 10.3 Å². The molecule has 1 aromatic carbocycles. The molecule has 2 rings (SSSR count). The molecule has 19 heavy (non-hydrogen) atoms. The van der Waals surface area contributed by atoms with E-state index in [-0.39, 0.29) is 6.61 Å². The van der Waals surface area contributed by atoms with Crippen LogP contribution in [0, 0.1) is 12.3 Å². The van der Waals surface area contributed by atoms with Gasteiger partial charge in [-0.25, -0.2) is 0 Å². The average molecular weight is 314 g/mol. The van der Waals surface area contributed by atoms with Gasteiger partial charge < -0.3 is 4.74 Å². The van der Waals surface area contributed by atoms with Crippen LogP contribution in [-0.4, -0.2) is 12.0 Å². The summed E-state index contributed by atoms with van der Waals surface area (Å²) < 4.78 is 5.38. The first-order chi connectivity index (χ1) is 9.06. The molecule has 0 radical (unpaired) electrons. The van der Waals surface area contributed by atoms with Crippen LogP contribution in [0.1, 0.15) is 5.56 Å². The number of alkyl halides is 2. The van der Waals surface area contributed by atoms with Crippen LogP contribution in [0.3, 0.4) is 0 Å². The number of benzene rings is 1. The molecule has 4 heteroatoms. The van der Waals surface area contributed by atoms with Gasteiger partial charge in [0.1, 0.15) is 17.2 Å². The summed E-state index contributed by atoms with van der Waals surface area (Å²) in [5.41, 5.74) is 0.834. The van der Waals surface area contributed by atoms with Crippen LogP contribution < -0.4 is 4.74 Å². The Morgan fingerprint density at radius 2 is 2.21 bits per heavy atom. The fraction of sp³-hybridized carbons (Fsp3) is 0.200. The number of halogens is 3. The molecule has 0 saturated heterocycles. The fourth-order valence-electron chi connectivity index (χ4n) is 1.81. The molecule has 0 saturated carbocycles. The van der Waals surface area contributed by atoms with Gasteiger partial charge in [-0.3, -0.25) is 0 Å². The van der Waals surface area contributed by atoms with E-state index < -0.39 is 10.3 Å². The van der Waals surface area contributed by atoms with Gasteiger partial charge in [0.2, 0.25) is 0 Å². The topological polar surface area (TPSA) is 9.23 Å². The monoisotopic (exact) mass is 312 g/mol. The minimum Gasteiger partial charge on any atom is -0.481 e. The van der Waals surface area contributed by atoms with E-state index in [2.05, 4.69) is 5.92 Å². The van der Waals surface area contributed by atoms with Crippen LogP contribution in [0.25, 0.3) is 0 Å². The number of hydrogen-bond donors (Lipinski definition) is 0. The van der Waals surface area contributed by atoms with Crippen molar-refractivity contribution in [1.82, 2.24) is 0 Å². The number of ether oxygens (including phenoxy) is 1. The highest BCUT2D eigenvalue weighted by Crippen LogP contribution is 2.42. The highest BCUT2D eigenvalue weighted by molar-refractivity contribution is 6.37. The molecule has 0 spiro atoms. The first kappa shape index (κ1) is 14.3. The minimum atomic E-state index is -0.838. The summed E-state index contributed by atoms with van der Waals surface area (Å²) in [7, 11) is 0. The Morgan fingerprint density at radius 3 is 2.89 bits per heavy atom. The van der Waals surface area contributed by atoms with E-state index in [4.69, 9.17) is 46.0 Å². The third kappa shape index (κ3) is 3.09. The maximum atomic E-state index is 6.60. The maximum absolute atomic E-state index is 6.60. The van der Waals surface area contributed by atoms with Gasteiger partial charge >= 0.3 is 0 Å². The summed E-state index contributed by atoms with van der Waals surface area (Å²) in [6.07, 6.45) is 10.4. The molecule has 2 atom stereocenters. The molecule has 0 N–H and O–H groups in total. The van der Waals surface area contributed by atoms with E-state index >= 15 is 0 Å². The standard InChI is InChI=1S/C15H11Cl3O/c1-2-8-19-13-5-3-4-11(9-13)15(18)7-6-12(16)10-14(15)17/h1,3-7,9-10,14H,8H2. The smallest absolute Gasteiger partial charge is 0.148 e. The highest BCUT2D eigenvalue weighted by Gasteiger charge is 2.36. The highest BCUT2D eigenvalue weighted by atomic mass is 35.5. The molecule has 1 aliphatic rings. The Hall–Kier alpha value is -1.07. The van der Waals surface area contributed by atoms with Gasteiger partial charge in [-0.15, -0.1) is 29.6 Å². The van der Waals surface area contributed by atoms with Gasteiger partial charge in [-0.1, -0.05) is 35.7 Å². The van der Waals surface area contributed by atoms with Crippen molar-refractivity contribution in [1.29, 1.82) is 0 Å². The zero-order valence-corrected chi connectivity index (χ0v) is 12.2. The molecule has 1 aromatic rings. The maximum Gasteiger partial charge on any atom is 0.148 e. The molecule has 2 unspecified atom stereocenters. The zero-order chi connectivity index (χ0) is 13.9. The molecule has 0 aliphatic heterocycles. The van der Waals surface area contributed by atoms with Gasteiger partial charge in [0.05, 0.1) is 5.38 Å². The molecule has 0 heterocycles. The Balaban J connectivity index is 2.32. The molecular formula is C15H11Cl3O. The van der Waals surface area contributed by atoms with Gasteiger partial charge in [-0.05, 0) is 29.8 Å². The lowest BCUT2D eigenvalue weighted by Crippen LogP contribution is -2.28. The number of hydrogen-bond acceptors (Lipinski definition) is 1. The van der Waals surface area contributed by atoms with Gasteiger partial charge in [0, 0.05) is 5.03 Å². The molecule has 1 nitrogen and oxygen atoms in total. The first-order valence-corrected chi connectivity index (χ1v) is 6.82. The van der Waals surface area contributed by atoms with Crippen molar-refractivity contribution in [3.63, 3.8) is 0 Å². The van der Waals surface area contributed by atoms with Crippen LogP contribution in [0.4, 0.5) is 0 Å². The first-order valence-electron chi connectivity index (χ1n) is 5.62. The Morgan fingerprint density at radius 1 is 1.42 bits per heavy atom. The van der Waals surface area contributed by atoms with Crippen LogP contribution in [0.15, 0.2) is 47.5 Å². The van der Waals surface area contributed by atoms with E-state index in [9.17, 15) is 0 Å².